The van der Waals surface area contributed by atoms with Gasteiger partial charge in [-0.2, -0.15) is 0 Å². The van der Waals surface area contributed by atoms with Crippen LogP contribution in [0.1, 0.15) is 31.2 Å². The van der Waals surface area contributed by atoms with Crippen LogP contribution in [-0.4, -0.2) is 114 Å². The van der Waals surface area contributed by atoms with Crippen molar-refractivity contribution in [3.8, 4) is 5.75 Å². The second kappa shape index (κ2) is 15.0. The lowest BCUT2D eigenvalue weighted by atomic mass is 9.82. The second-order valence-electron chi connectivity index (χ2n) is 11.6. The number of benzene rings is 1. The molecule has 0 spiro atoms. The zero-order valence-electron chi connectivity index (χ0n) is 24.5. The van der Waals surface area contributed by atoms with Crippen molar-refractivity contribution in [2.45, 2.75) is 38.3 Å². The number of morpholine rings is 1. The van der Waals surface area contributed by atoms with Gasteiger partial charge >= 0.3 is 0 Å². The topological polar surface area (TPSA) is 95.6 Å². The van der Waals surface area contributed by atoms with Crippen LogP contribution in [0.3, 0.4) is 0 Å². The lowest BCUT2D eigenvalue weighted by Gasteiger charge is -2.37. The van der Waals surface area contributed by atoms with E-state index < -0.39 is 0 Å². The Balaban J connectivity index is 1.20. The van der Waals surface area contributed by atoms with Gasteiger partial charge in [0, 0.05) is 77.1 Å². The summed E-state index contributed by atoms with van der Waals surface area (Å²) in [5, 5.41) is 6.48. The summed E-state index contributed by atoms with van der Waals surface area (Å²) in [6.07, 6.45) is 7.80. The lowest BCUT2D eigenvalue weighted by molar-refractivity contribution is -0.132. The minimum atomic E-state index is 0.0905. The van der Waals surface area contributed by atoms with E-state index in [2.05, 4.69) is 50.8 Å². The summed E-state index contributed by atoms with van der Waals surface area (Å²) in [6, 6.07) is 6.76. The molecule has 3 saturated heterocycles. The average molecular weight is 570 g/mol. The minimum absolute atomic E-state index is 0.0905. The Morgan fingerprint density at radius 2 is 2.02 bits per heavy atom. The highest BCUT2D eigenvalue weighted by Crippen LogP contribution is 2.31. The summed E-state index contributed by atoms with van der Waals surface area (Å²) in [5.41, 5.74) is 2.22. The maximum atomic E-state index is 13.1. The van der Waals surface area contributed by atoms with Crippen molar-refractivity contribution in [3.63, 3.8) is 0 Å². The van der Waals surface area contributed by atoms with Crippen molar-refractivity contribution in [2.24, 2.45) is 11.8 Å². The normalized spacial score (nSPS) is 26.8. The summed E-state index contributed by atoms with van der Waals surface area (Å²) in [7, 11) is 1.76. The molecule has 226 valence electrons. The van der Waals surface area contributed by atoms with Crippen molar-refractivity contribution in [1.29, 1.82) is 0 Å². The van der Waals surface area contributed by atoms with Crippen LogP contribution in [-0.2, 0) is 25.6 Å². The first kappa shape index (κ1) is 29.8. The number of anilines is 1. The predicted octanol–water partition coefficient (Wildman–Crippen LogP) is 1.64. The van der Waals surface area contributed by atoms with E-state index in [1.165, 1.54) is 5.69 Å². The molecule has 10 nitrogen and oxygen atoms in total. The van der Waals surface area contributed by atoms with Gasteiger partial charge in [0.1, 0.15) is 12.4 Å². The van der Waals surface area contributed by atoms with Gasteiger partial charge in [-0.15, -0.1) is 0 Å². The van der Waals surface area contributed by atoms with Crippen LogP contribution in [0.4, 0.5) is 5.69 Å². The Bertz CT molecular complexity index is 1050. The van der Waals surface area contributed by atoms with Gasteiger partial charge in [0.15, 0.2) is 0 Å². The highest BCUT2D eigenvalue weighted by molar-refractivity contribution is 5.79. The van der Waals surface area contributed by atoms with Gasteiger partial charge in [0.05, 0.1) is 32.4 Å². The van der Waals surface area contributed by atoms with Crippen molar-refractivity contribution in [2.75, 3.05) is 90.8 Å². The Morgan fingerprint density at radius 3 is 2.88 bits per heavy atom. The van der Waals surface area contributed by atoms with Crippen LogP contribution in [0.2, 0.25) is 0 Å². The van der Waals surface area contributed by atoms with Crippen LogP contribution >= 0.6 is 0 Å². The van der Waals surface area contributed by atoms with Crippen LogP contribution in [0.25, 0.3) is 0 Å². The van der Waals surface area contributed by atoms with Crippen molar-refractivity contribution < 1.29 is 23.8 Å². The minimum Gasteiger partial charge on any atom is -0.489 e. The molecule has 1 aromatic carbocycles. The number of fused-ring (bicyclic) bond motifs is 3. The van der Waals surface area contributed by atoms with Gasteiger partial charge in [0.25, 0.3) is 0 Å². The molecule has 1 aromatic rings. The molecule has 0 unspecified atom stereocenters. The average Bonchev–Trinajstić information content (AvgIpc) is 3.45. The highest BCUT2D eigenvalue weighted by Gasteiger charge is 2.31. The molecule has 0 radical (unpaired) electrons. The number of ether oxygens (including phenoxy) is 3. The molecule has 4 aliphatic rings. The van der Waals surface area contributed by atoms with Gasteiger partial charge in [-0.3, -0.25) is 14.5 Å². The molecule has 2 bridgehead atoms. The number of methoxy groups -OCH3 is 1. The number of hydrogen-bond donors (Lipinski definition) is 2. The SMILES string of the molecule is COC[C@@H]1CCCN1c1ccc2c(c1)CNCC(=O)N1CC[C@@H](CC(=O)NCCN3CCOCC3)[C@@H](/C=C\CO2)C1. The fraction of sp³-hybridized carbons (Fsp3) is 0.677. The van der Waals surface area contributed by atoms with Crippen molar-refractivity contribution >= 4 is 17.5 Å². The number of nitrogens with one attached hydrogen (secondary N) is 2. The van der Waals surface area contributed by atoms with Gasteiger partial charge in [-0.05, 0) is 49.3 Å². The number of carbonyl (C=O) groups is 2. The van der Waals surface area contributed by atoms with E-state index in [-0.39, 0.29) is 30.2 Å². The molecule has 5 rings (SSSR count). The number of hydrogen-bond acceptors (Lipinski definition) is 8. The van der Waals surface area contributed by atoms with E-state index in [9.17, 15) is 9.59 Å². The van der Waals surface area contributed by atoms with Crippen molar-refractivity contribution in [3.05, 3.63) is 35.9 Å². The van der Waals surface area contributed by atoms with Crippen molar-refractivity contribution in [1.82, 2.24) is 20.4 Å². The molecule has 4 heterocycles. The first-order valence-corrected chi connectivity index (χ1v) is 15.3. The Kier molecular flexibility index (Phi) is 10.9. The van der Waals surface area contributed by atoms with Gasteiger partial charge in [-0.25, -0.2) is 0 Å². The van der Waals surface area contributed by atoms with E-state index in [0.717, 1.165) is 76.6 Å². The van der Waals surface area contributed by atoms with E-state index >= 15 is 0 Å². The first-order valence-electron chi connectivity index (χ1n) is 15.3. The van der Waals surface area contributed by atoms with E-state index in [1.807, 2.05) is 4.90 Å². The predicted molar refractivity (Wildman–Crippen MR) is 158 cm³/mol. The monoisotopic (exact) mass is 569 g/mol. The molecular weight excluding hydrogens is 522 g/mol. The third kappa shape index (κ3) is 8.22. The number of carbonyl (C=O) groups excluding carboxylic acids is 2. The van der Waals surface area contributed by atoms with Crippen LogP contribution in [0, 0.1) is 11.8 Å². The van der Waals surface area contributed by atoms with Crippen LogP contribution in [0.5, 0.6) is 5.75 Å². The number of piperidine rings is 1. The summed E-state index contributed by atoms with van der Waals surface area (Å²) in [4.78, 5) is 32.6. The molecule has 0 aromatic heterocycles. The number of rotatable bonds is 8. The molecule has 4 aliphatic heterocycles. The maximum absolute atomic E-state index is 13.1. The summed E-state index contributed by atoms with van der Waals surface area (Å²) in [6.45, 7) is 9.23. The second-order valence-corrected chi connectivity index (χ2v) is 11.6. The van der Waals surface area contributed by atoms with E-state index in [4.69, 9.17) is 14.2 Å². The van der Waals surface area contributed by atoms with E-state index in [1.54, 1.807) is 7.11 Å². The fourth-order valence-corrected chi connectivity index (χ4v) is 6.57. The van der Waals surface area contributed by atoms with Crippen LogP contribution < -0.4 is 20.3 Å². The zero-order valence-corrected chi connectivity index (χ0v) is 24.5. The molecule has 0 saturated carbocycles. The van der Waals surface area contributed by atoms with E-state index in [0.29, 0.717) is 45.2 Å². The fourth-order valence-electron chi connectivity index (χ4n) is 6.57. The van der Waals surface area contributed by atoms with Gasteiger partial charge < -0.3 is 34.6 Å². The van der Waals surface area contributed by atoms with Gasteiger partial charge in [0.2, 0.25) is 11.8 Å². The molecule has 3 fully saturated rings. The Morgan fingerprint density at radius 1 is 1.15 bits per heavy atom. The largest absolute Gasteiger partial charge is 0.489 e. The molecule has 2 amide bonds. The molecule has 10 heteroatoms. The standard InChI is InChI=1S/C31H47N5O5/c1-39-23-28-5-2-10-36(28)27-6-7-29-26(18-27)20-32-21-31(38)35-11-8-24(25(22-35)4-3-15-41-29)19-30(37)33-9-12-34-13-16-40-17-14-34/h3-4,6-7,18,24-25,28,32H,2,5,8-17,19-23H2,1H3,(H,33,37)/b4-3-/t24-,25-,28-/m0/s1. The molecule has 41 heavy (non-hydrogen) atoms. The summed E-state index contributed by atoms with van der Waals surface area (Å²) >= 11 is 0. The third-order valence-corrected chi connectivity index (χ3v) is 8.88. The smallest absolute Gasteiger partial charge is 0.236 e. The zero-order chi connectivity index (χ0) is 28.4. The lowest BCUT2D eigenvalue weighted by Crippen LogP contribution is -2.47. The highest BCUT2D eigenvalue weighted by atomic mass is 16.5. The first-order chi connectivity index (χ1) is 20.1. The molecule has 3 atom stereocenters. The molecule has 0 aliphatic carbocycles. The Labute approximate surface area is 244 Å². The maximum Gasteiger partial charge on any atom is 0.236 e. The Hall–Kier alpha value is -2.66. The molecule has 2 N–H and O–H groups in total. The summed E-state index contributed by atoms with van der Waals surface area (Å²) in [5.74, 6) is 1.35. The summed E-state index contributed by atoms with van der Waals surface area (Å²) < 4.78 is 17.1. The molecular formula is C31H47N5O5. The number of amides is 2. The third-order valence-electron chi connectivity index (χ3n) is 8.88. The van der Waals surface area contributed by atoms with Crippen LogP contribution in [0.15, 0.2) is 30.4 Å². The number of nitrogens with zero attached hydrogens (tertiary/aromatic N) is 3. The van der Waals surface area contributed by atoms with Gasteiger partial charge in [-0.1, -0.05) is 12.2 Å². The quantitative estimate of drug-likeness (QED) is 0.457.